The maximum atomic E-state index is 5.64. The van der Waals surface area contributed by atoms with Crippen molar-refractivity contribution in [2.45, 2.75) is 40.3 Å². The van der Waals surface area contributed by atoms with E-state index in [0.29, 0.717) is 19.3 Å². The van der Waals surface area contributed by atoms with Crippen LogP contribution in [0.15, 0.2) is 16.6 Å². The molecule has 0 bridgehead atoms. The summed E-state index contributed by atoms with van der Waals surface area (Å²) in [7, 11) is 0. The number of rotatable bonds is 3. The zero-order chi connectivity index (χ0) is 14.0. The molecule has 19 heavy (non-hydrogen) atoms. The van der Waals surface area contributed by atoms with E-state index in [-0.39, 0.29) is 5.41 Å². The van der Waals surface area contributed by atoms with Crippen LogP contribution < -0.4 is 14.8 Å². The summed E-state index contributed by atoms with van der Waals surface area (Å²) in [5.74, 6) is 1.65. The van der Waals surface area contributed by atoms with E-state index in [2.05, 4.69) is 61.1 Å². The fourth-order valence-corrected chi connectivity index (χ4v) is 2.45. The molecule has 0 spiro atoms. The molecule has 0 radical (unpaired) electrons. The van der Waals surface area contributed by atoms with Crippen molar-refractivity contribution in [2.24, 2.45) is 5.41 Å². The largest absolute Gasteiger partial charge is 0.486 e. The second-order valence-electron chi connectivity index (χ2n) is 6.07. The van der Waals surface area contributed by atoms with Crippen molar-refractivity contribution in [1.29, 1.82) is 0 Å². The Morgan fingerprint density at radius 3 is 2.63 bits per heavy atom. The van der Waals surface area contributed by atoms with Gasteiger partial charge in [0.05, 0.1) is 4.47 Å². The lowest BCUT2D eigenvalue weighted by Gasteiger charge is -2.28. The minimum Gasteiger partial charge on any atom is -0.486 e. The van der Waals surface area contributed by atoms with Gasteiger partial charge in [-0.3, -0.25) is 0 Å². The van der Waals surface area contributed by atoms with E-state index in [1.54, 1.807) is 0 Å². The first kappa shape index (κ1) is 14.7. The van der Waals surface area contributed by atoms with Crippen LogP contribution in [0.4, 0.5) is 0 Å². The lowest BCUT2D eigenvalue weighted by atomic mass is 9.88. The fourth-order valence-electron chi connectivity index (χ4n) is 1.84. The van der Waals surface area contributed by atoms with Crippen molar-refractivity contribution in [3.05, 3.63) is 22.2 Å². The molecule has 1 aromatic carbocycles. The van der Waals surface area contributed by atoms with Gasteiger partial charge in [0.25, 0.3) is 0 Å². The standard InChI is InChI=1S/C15H22BrNO2/c1-10(15(2,3)4)17-9-11-7-12(16)14-13(8-11)18-5-6-19-14/h7-8,10,17H,5-6,9H2,1-4H3. The van der Waals surface area contributed by atoms with Gasteiger partial charge in [0.15, 0.2) is 11.5 Å². The predicted molar refractivity (Wildman–Crippen MR) is 80.9 cm³/mol. The summed E-state index contributed by atoms with van der Waals surface area (Å²) in [5, 5.41) is 3.56. The van der Waals surface area contributed by atoms with Crippen molar-refractivity contribution < 1.29 is 9.47 Å². The number of ether oxygens (including phenoxy) is 2. The van der Waals surface area contributed by atoms with Gasteiger partial charge in [0, 0.05) is 12.6 Å². The van der Waals surface area contributed by atoms with E-state index >= 15 is 0 Å². The van der Waals surface area contributed by atoms with Gasteiger partial charge in [-0.2, -0.15) is 0 Å². The molecule has 1 atom stereocenters. The highest BCUT2D eigenvalue weighted by molar-refractivity contribution is 9.10. The minimum atomic E-state index is 0.255. The Morgan fingerprint density at radius 1 is 1.26 bits per heavy atom. The number of benzene rings is 1. The van der Waals surface area contributed by atoms with Crippen LogP contribution in [-0.2, 0) is 6.54 Å². The average molecular weight is 328 g/mol. The van der Waals surface area contributed by atoms with Gasteiger partial charge in [-0.25, -0.2) is 0 Å². The predicted octanol–water partition coefficient (Wildman–Crippen LogP) is 3.74. The molecule has 1 unspecified atom stereocenters. The molecule has 2 rings (SSSR count). The smallest absolute Gasteiger partial charge is 0.175 e. The van der Waals surface area contributed by atoms with Gasteiger partial charge in [0.2, 0.25) is 0 Å². The van der Waals surface area contributed by atoms with Crippen molar-refractivity contribution >= 4 is 15.9 Å². The Balaban J connectivity index is 2.07. The van der Waals surface area contributed by atoms with Crippen molar-refractivity contribution in [2.75, 3.05) is 13.2 Å². The lowest BCUT2D eigenvalue weighted by molar-refractivity contribution is 0.170. The molecule has 0 saturated heterocycles. The number of hydrogen-bond acceptors (Lipinski definition) is 3. The maximum absolute atomic E-state index is 5.64. The monoisotopic (exact) mass is 327 g/mol. The molecule has 1 aromatic rings. The van der Waals surface area contributed by atoms with E-state index in [4.69, 9.17) is 9.47 Å². The maximum Gasteiger partial charge on any atom is 0.175 e. The van der Waals surface area contributed by atoms with Gasteiger partial charge >= 0.3 is 0 Å². The topological polar surface area (TPSA) is 30.5 Å². The second kappa shape index (κ2) is 5.71. The normalized spacial score (nSPS) is 16.3. The third-order valence-corrected chi connectivity index (χ3v) is 4.16. The highest BCUT2D eigenvalue weighted by Crippen LogP contribution is 2.38. The third kappa shape index (κ3) is 3.63. The molecular weight excluding hydrogens is 306 g/mol. The summed E-state index contributed by atoms with van der Waals surface area (Å²) in [5.41, 5.74) is 1.46. The van der Waals surface area contributed by atoms with Crippen LogP contribution in [0.2, 0.25) is 0 Å². The van der Waals surface area contributed by atoms with Crippen LogP contribution in [0.3, 0.4) is 0 Å². The van der Waals surface area contributed by atoms with E-state index < -0.39 is 0 Å². The third-order valence-electron chi connectivity index (χ3n) is 3.57. The SMILES string of the molecule is CC(NCc1cc(Br)c2c(c1)OCCO2)C(C)(C)C. The van der Waals surface area contributed by atoms with E-state index in [1.165, 1.54) is 5.56 Å². The van der Waals surface area contributed by atoms with Crippen LogP contribution in [0.1, 0.15) is 33.3 Å². The summed E-state index contributed by atoms with van der Waals surface area (Å²) in [6.07, 6.45) is 0. The molecule has 1 N–H and O–H groups in total. The van der Waals surface area contributed by atoms with Gasteiger partial charge in [-0.15, -0.1) is 0 Å². The molecule has 0 saturated carbocycles. The zero-order valence-electron chi connectivity index (χ0n) is 12.0. The van der Waals surface area contributed by atoms with Crippen LogP contribution in [-0.4, -0.2) is 19.3 Å². The van der Waals surface area contributed by atoms with Gasteiger partial charge < -0.3 is 14.8 Å². The fraction of sp³-hybridized carbons (Fsp3) is 0.600. The van der Waals surface area contributed by atoms with Gasteiger partial charge in [-0.1, -0.05) is 20.8 Å². The Morgan fingerprint density at radius 2 is 1.95 bits per heavy atom. The Hall–Kier alpha value is -0.740. The van der Waals surface area contributed by atoms with Crippen LogP contribution in [0, 0.1) is 5.41 Å². The first-order chi connectivity index (χ1) is 8.88. The highest BCUT2D eigenvalue weighted by Gasteiger charge is 2.20. The summed E-state index contributed by atoms with van der Waals surface area (Å²) < 4.78 is 12.2. The van der Waals surface area contributed by atoms with Crippen LogP contribution in [0.5, 0.6) is 11.5 Å². The summed E-state index contributed by atoms with van der Waals surface area (Å²) in [6, 6.07) is 4.59. The molecule has 106 valence electrons. The molecule has 0 aliphatic carbocycles. The number of halogens is 1. The average Bonchev–Trinajstić information content (AvgIpc) is 2.35. The summed E-state index contributed by atoms with van der Waals surface area (Å²) in [6.45, 7) is 11.0. The Labute approximate surface area is 123 Å². The van der Waals surface area contributed by atoms with Crippen molar-refractivity contribution in [3.8, 4) is 11.5 Å². The number of hydrogen-bond donors (Lipinski definition) is 1. The molecule has 1 aliphatic rings. The van der Waals surface area contributed by atoms with Gasteiger partial charge in [0.1, 0.15) is 13.2 Å². The van der Waals surface area contributed by atoms with E-state index in [9.17, 15) is 0 Å². The summed E-state index contributed by atoms with van der Waals surface area (Å²) >= 11 is 3.55. The minimum absolute atomic E-state index is 0.255. The molecule has 1 heterocycles. The van der Waals surface area contributed by atoms with Crippen molar-refractivity contribution in [3.63, 3.8) is 0 Å². The number of fused-ring (bicyclic) bond motifs is 1. The molecular formula is C15H22BrNO2. The molecule has 0 fully saturated rings. The van der Waals surface area contributed by atoms with E-state index in [1.807, 2.05) is 0 Å². The Bertz CT molecular complexity index is 454. The first-order valence-electron chi connectivity index (χ1n) is 6.69. The quantitative estimate of drug-likeness (QED) is 0.917. The molecule has 4 heteroatoms. The van der Waals surface area contributed by atoms with Crippen LogP contribution in [0.25, 0.3) is 0 Å². The molecule has 0 amide bonds. The van der Waals surface area contributed by atoms with Gasteiger partial charge in [-0.05, 0) is 46.0 Å². The first-order valence-corrected chi connectivity index (χ1v) is 7.48. The molecule has 3 nitrogen and oxygen atoms in total. The summed E-state index contributed by atoms with van der Waals surface area (Å²) in [4.78, 5) is 0. The number of nitrogens with one attached hydrogen (secondary N) is 1. The lowest BCUT2D eigenvalue weighted by Crippen LogP contribution is -2.37. The Kier molecular flexibility index (Phi) is 4.41. The van der Waals surface area contributed by atoms with Crippen LogP contribution >= 0.6 is 15.9 Å². The molecule has 1 aliphatic heterocycles. The highest BCUT2D eigenvalue weighted by atomic mass is 79.9. The molecule has 0 aromatic heterocycles. The van der Waals surface area contributed by atoms with E-state index in [0.717, 1.165) is 22.5 Å². The second-order valence-corrected chi connectivity index (χ2v) is 6.92. The van der Waals surface area contributed by atoms with Crippen molar-refractivity contribution in [1.82, 2.24) is 5.32 Å². The zero-order valence-corrected chi connectivity index (χ0v) is 13.6.